The third-order valence-electron chi connectivity index (χ3n) is 6.29. The second kappa shape index (κ2) is 6.88. The van der Waals surface area contributed by atoms with Gasteiger partial charge in [-0.3, -0.25) is 4.79 Å². The molecule has 0 aromatic rings. The Morgan fingerprint density at radius 2 is 1.68 bits per heavy atom. The number of nitrogens with zero attached hydrogens (tertiary/aromatic N) is 3. The number of carbonyl (C=O) groups excluding carboxylic acids is 1. The molecule has 1 amide bonds. The summed E-state index contributed by atoms with van der Waals surface area (Å²) in [6, 6.07) is 0.724. The number of likely N-dealkylation sites (tertiary alicyclic amines) is 3. The Balaban J connectivity index is 1.44. The number of rotatable bonds is 3. The molecule has 1 spiro atoms. The molecule has 0 aliphatic carbocycles. The molecular formula is C18H33N3O. The lowest BCUT2D eigenvalue weighted by Crippen LogP contribution is -2.50. The third kappa shape index (κ3) is 3.48. The first-order valence-corrected chi connectivity index (χ1v) is 9.32. The highest BCUT2D eigenvalue weighted by Gasteiger charge is 2.40. The average molecular weight is 307 g/mol. The highest BCUT2D eigenvalue weighted by molar-refractivity contribution is 5.76. The minimum Gasteiger partial charge on any atom is -0.343 e. The van der Waals surface area contributed by atoms with Crippen molar-refractivity contribution in [1.82, 2.24) is 14.7 Å². The van der Waals surface area contributed by atoms with Crippen LogP contribution in [0.1, 0.15) is 51.9 Å². The van der Waals surface area contributed by atoms with E-state index in [0.29, 0.717) is 11.3 Å². The van der Waals surface area contributed by atoms with Crippen LogP contribution < -0.4 is 0 Å². The Hall–Kier alpha value is -0.610. The second-order valence-electron chi connectivity index (χ2n) is 7.89. The SMILES string of the molecule is CCCC(=O)N1CCC(N2CCC3(CCN(C)C3)CC2)CC1. The lowest BCUT2D eigenvalue weighted by atomic mass is 9.77. The van der Waals surface area contributed by atoms with Crippen molar-refractivity contribution in [3.05, 3.63) is 0 Å². The number of hydrogen-bond acceptors (Lipinski definition) is 3. The zero-order valence-corrected chi connectivity index (χ0v) is 14.5. The maximum atomic E-state index is 12.0. The number of amides is 1. The van der Waals surface area contributed by atoms with Crippen molar-refractivity contribution in [2.24, 2.45) is 5.41 Å². The highest BCUT2D eigenvalue weighted by Crippen LogP contribution is 2.40. The van der Waals surface area contributed by atoms with Crippen LogP contribution in [0.2, 0.25) is 0 Å². The quantitative estimate of drug-likeness (QED) is 0.800. The molecule has 3 fully saturated rings. The zero-order valence-electron chi connectivity index (χ0n) is 14.5. The summed E-state index contributed by atoms with van der Waals surface area (Å²) in [5.74, 6) is 0.368. The van der Waals surface area contributed by atoms with Crippen LogP contribution in [-0.2, 0) is 4.79 Å². The van der Waals surface area contributed by atoms with Gasteiger partial charge in [-0.05, 0) is 70.6 Å². The number of carbonyl (C=O) groups is 1. The first-order chi connectivity index (χ1) is 10.6. The first kappa shape index (κ1) is 16.3. The Labute approximate surface area is 135 Å². The Morgan fingerprint density at radius 3 is 2.23 bits per heavy atom. The number of piperidine rings is 2. The minimum atomic E-state index is 0.368. The van der Waals surface area contributed by atoms with Crippen molar-refractivity contribution in [3.63, 3.8) is 0 Å². The topological polar surface area (TPSA) is 26.8 Å². The number of hydrogen-bond donors (Lipinski definition) is 0. The van der Waals surface area contributed by atoms with E-state index in [1.807, 2.05) is 0 Å². The molecule has 126 valence electrons. The molecule has 4 nitrogen and oxygen atoms in total. The molecule has 3 heterocycles. The van der Waals surface area contributed by atoms with Gasteiger partial charge in [-0.25, -0.2) is 0 Å². The fourth-order valence-corrected chi connectivity index (χ4v) is 4.78. The van der Waals surface area contributed by atoms with Gasteiger partial charge in [0.2, 0.25) is 5.91 Å². The standard InChI is InChI=1S/C18H33N3O/c1-3-4-17(22)21-10-5-16(6-11-21)20-13-8-18(9-14-20)7-12-19(2)15-18/h16H,3-15H2,1-2H3. The predicted molar refractivity (Wildman–Crippen MR) is 89.9 cm³/mol. The van der Waals surface area contributed by atoms with E-state index in [0.717, 1.165) is 32.0 Å². The molecule has 0 atom stereocenters. The summed E-state index contributed by atoms with van der Waals surface area (Å²) in [6.45, 7) is 9.21. The largest absolute Gasteiger partial charge is 0.343 e. The van der Waals surface area contributed by atoms with Gasteiger partial charge in [0.15, 0.2) is 0 Å². The molecule has 3 saturated heterocycles. The molecular weight excluding hydrogens is 274 g/mol. The van der Waals surface area contributed by atoms with E-state index in [4.69, 9.17) is 0 Å². The van der Waals surface area contributed by atoms with E-state index in [1.54, 1.807) is 0 Å². The van der Waals surface area contributed by atoms with Gasteiger partial charge in [0.25, 0.3) is 0 Å². The van der Waals surface area contributed by atoms with Gasteiger partial charge < -0.3 is 14.7 Å². The van der Waals surface area contributed by atoms with Crippen LogP contribution in [-0.4, -0.2) is 73.0 Å². The van der Waals surface area contributed by atoms with Crippen molar-refractivity contribution in [2.75, 3.05) is 46.3 Å². The van der Waals surface area contributed by atoms with Crippen molar-refractivity contribution in [1.29, 1.82) is 0 Å². The fourth-order valence-electron chi connectivity index (χ4n) is 4.78. The van der Waals surface area contributed by atoms with E-state index in [2.05, 4.69) is 28.7 Å². The maximum absolute atomic E-state index is 12.0. The summed E-state index contributed by atoms with van der Waals surface area (Å²) in [6.07, 6.45) is 8.23. The molecule has 0 N–H and O–H groups in total. The molecule has 0 unspecified atom stereocenters. The van der Waals surface area contributed by atoms with Crippen molar-refractivity contribution < 1.29 is 4.79 Å². The third-order valence-corrected chi connectivity index (χ3v) is 6.29. The van der Waals surface area contributed by atoms with Gasteiger partial charge in [-0.15, -0.1) is 0 Å². The molecule has 3 rings (SSSR count). The zero-order chi connectivity index (χ0) is 15.6. The Morgan fingerprint density at radius 1 is 1.05 bits per heavy atom. The van der Waals surface area contributed by atoms with E-state index in [1.165, 1.54) is 58.3 Å². The van der Waals surface area contributed by atoms with Crippen molar-refractivity contribution >= 4 is 5.91 Å². The van der Waals surface area contributed by atoms with Crippen molar-refractivity contribution in [2.45, 2.75) is 57.9 Å². The molecule has 0 aromatic carbocycles. The maximum Gasteiger partial charge on any atom is 0.222 e. The van der Waals surface area contributed by atoms with Crippen LogP contribution >= 0.6 is 0 Å². The molecule has 3 aliphatic rings. The smallest absolute Gasteiger partial charge is 0.222 e. The van der Waals surface area contributed by atoms with E-state index >= 15 is 0 Å². The van der Waals surface area contributed by atoms with Gasteiger partial charge >= 0.3 is 0 Å². The normalized spacial score (nSPS) is 27.6. The molecule has 0 saturated carbocycles. The van der Waals surface area contributed by atoms with Crippen LogP contribution in [0.15, 0.2) is 0 Å². The van der Waals surface area contributed by atoms with Gasteiger partial charge in [-0.2, -0.15) is 0 Å². The van der Waals surface area contributed by atoms with Crippen LogP contribution in [0.3, 0.4) is 0 Å². The predicted octanol–water partition coefficient (Wildman–Crippen LogP) is 2.20. The summed E-state index contributed by atoms with van der Waals surface area (Å²) in [7, 11) is 2.27. The van der Waals surface area contributed by atoms with Crippen LogP contribution in [0.4, 0.5) is 0 Å². The lowest BCUT2D eigenvalue weighted by Gasteiger charge is -2.45. The summed E-state index contributed by atoms with van der Waals surface area (Å²) in [5, 5.41) is 0. The summed E-state index contributed by atoms with van der Waals surface area (Å²) < 4.78 is 0. The van der Waals surface area contributed by atoms with Gasteiger partial charge in [0, 0.05) is 32.1 Å². The average Bonchev–Trinajstić information content (AvgIpc) is 2.89. The Bertz CT molecular complexity index is 382. The molecule has 4 heteroatoms. The Kier molecular flexibility index (Phi) is 5.08. The minimum absolute atomic E-state index is 0.368. The second-order valence-corrected chi connectivity index (χ2v) is 7.89. The van der Waals surface area contributed by atoms with Crippen molar-refractivity contribution in [3.8, 4) is 0 Å². The molecule has 0 bridgehead atoms. The van der Waals surface area contributed by atoms with Gasteiger partial charge in [0.1, 0.15) is 0 Å². The van der Waals surface area contributed by atoms with E-state index in [-0.39, 0.29) is 0 Å². The summed E-state index contributed by atoms with van der Waals surface area (Å²) >= 11 is 0. The van der Waals surface area contributed by atoms with Gasteiger partial charge in [-0.1, -0.05) is 6.92 Å². The monoisotopic (exact) mass is 307 g/mol. The summed E-state index contributed by atoms with van der Waals surface area (Å²) in [5.41, 5.74) is 0.628. The van der Waals surface area contributed by atoms with Crippen LogP contribution in [0.5, 0.6) is 0 Å². The lowest BCUT2D eigenvalue weighted by molar-refractivity contribution is -0.132. The van der Waals surface area contributed by atoms with Crippen LogP contribution in [0.25, 0.3) is 0 Å². The first-order valence-electron chi connectivity index (χ1n) is 9.32. The van der Waals surface area contributed by atoms with Crippen LogP contribution in [0, 0.1) is 5.41 Å². The van der Waals surface area contributed by atoms with E-state index in [9.17, 15) is 4.79 Å². The van der Waals surface area contributed by atoms with E-state index < -0.39 is 0 Å². The fraction of sp³-hybridized carbons (Fsp3) is 0.944. The van der Waals surface area contributed by atoms with Gasteiger partial charge in [0.05, 0.1) is 0 Å². The molecule has 3 aliphatic heterocycles. The summed E-state index contributed by atoms with van der Waals surface area (Å²) in [4.78, 5) is 19.3. The highest BCUT2D eigenvalue weighted by atomic mass is 16.2. The molecule has 0 aromatic heterocycles. The molecule has 22 heavy (non-hydrogen) atoms. The molecule has 0 radical (unpaired) electrons.